The highest BCUT2D eigenvalue weighted by molar-refractivity contribution is 7.09. The SMILES string of the molecule is c1csc(CNCc2cccc3nccnc23)c1. The molecule has 0 unspecified atom stereocenters. The third-order valence-corrected chi connectivity index (χ3v) is 3.65. The predicted molar refractivity (Wildman–Crippen MR) is 74.4 cm³/mol. The van der Waals surface area contributed by atoms with Gasteiger partial charge in [0, 0.05) is 30.4 Å². The Balaban J connectivity index is 1.74. The van der Waals surface area contributed by atoms with Crippen molar-refractivity contribution in [1.82, 2.24) is 15.3 Å². The van der Waals surface area contributed by atoms with Crippen LogP contribution in [0.25, 0.3) is 11.0 Å². The second-order valence-electron chi connectivity index (χ2n) is 4.02. The summed E-state index contributed by atoms with van der Waals surface area (Å²) < 4.78 is 0. The zero-order chi connectivity index (χ0) is 12.2. The summed E-state index contributed by atoms with van der Waals surface area (Å²) in [6.07, 6.45) is 3.47. The van der Waals surface area contributed by atoms with Gasteiger partial charge in [-0.3, -0.25) is 9.97 Å². The highest BCUT2D eigenvalue weighted by atomic mass is 32.1. The maximum atomic E-state index is 4.40. The van der Waals surface area contributed by atoms with Crippen LogP contribution in [0.15, 0.2) is 48.1 Å². The standard InChI is InChI=1S/C14H13N3S/c1-3-11(9-15-10-12-4-2-8-18-12)14-13(5-1)16-6-7-17-14/h1-8,15H,9-10H2. The molecule has 1 aromatic carbocycles. The molecule has 1 N–H and O–H groups in total. The van der Waals surface area contributed by atoms with Crippen molar-refractivity contribution in [3.05, 3.63) is 58.5 Å². The number of para-hydroxylation sites is 1. The molecule has 3 rings (SSSR count). The molecule has 2 heterocycles. The molecule has 0 saturated carbocycles. The fourth-order valence-corrected chi connectivity index (χ4v) is 2.60. The Morgan fingerprint density at radius 1 is 1.00 bits per heavy atom. The molecular formula is C14H13N3S. The van der Waals surface area contributed by atoms with Gasteiger partial charge in [0.05, 0.1) is 11.0 Å². The lowest BCUT2D eigenvalue weighted by molar-refractivity contribution is 0.703. The monoisotopic (exact) mass is 255 g/mol. The van der Waals surface area contributed by atoms with Gasteiger partial charge in [-0.25, -0.2) is 0 Å². The first-order valence-electron chi connectivity index (χ1n) is 5.85. The Hall–Kier alpha value is -1.78. The van der Waals surface area contributed by atoms with Crippen molar-refractivity contribution >= 4 is 22.4 Å². The van der Waals surface area contributed by atoms with Crippen molar-refractivity contribution in [1.29, 1.82) is 0 Å². The first-order chi connectivity index (χ1) is 8.93. The van der Waals surface area contributed by atoms with Gasteiger partial charge in [0.2, 0.25) is 0 Å². The number of hydrogen-bond donors (Lipinski definition) is 1. The lowest BCUT2D eigenvalue weighted by atomic mass is 10.1. The maximum absolute atomic E-state index is 4.40. The molecule has 3 nitrogen and oxygen atoms in total. The Morgan fingerprint density at radius 3 is 2.83 bits per heavy atom. The van der Waals surface area contributed by atoms with Crippen LogP contribution in [0.3, 0.4) is 0 Å². The molecular weight excluding hydrogens is 242 g/mol. The van der Waals surface area contributed by atoms with Gasteiger partial charge < -0.3 is 5.32 Å². The van der Waals surface area contributed by atoms with E-state index in [1.54, 1.807) is 23.7 Å². The zero-order valence-corrected chi connectivity index (χ0v) is 10.7. The molecule has 4 heteroatoms. The van der Waals surface area contributed by atoms with Gasteiger partial charge in [-0.15, -0.1) is 11.3 Å². The van der Waals surface area contributed by atoms with E-state index in [-0.39, 0.29) is 0 Å². The Morgan fingerprint density at radius 2 is 1.94 bits per heavy atom. The summed E-state index contributed by atoms with van der Waals surface area (Å²) in [5.41, 5.74) is 3.13. The van der Waals surface area contributed by atoms with Crippen molar-refractivity contribution in [3.8, 4) is 0 Å². The van der Waals surface area contributed by atoms with E-state index in [9.17, 15) is 0 Å². The Kier molecular flexibility index (Phi) is 3.30. The zero-order valence-electron chi connectivity index (χ0n) is 9.84. The normalized spacial score (nSPS) is 10.9. The van der Waals surface area contributed by atoms with Gasteiger partial charge >= 0.3 is 0 Å². The largest absolute Gasteiger partial charge is 0.308 e. The van der Waals surface area contributed by atoms with Crippen LogP contribution in [0.2, 0.25) is 0 Å². The quantitative estimate of drug-likeness (QED) is 0.779. The summed E-state index contributed by atoms with van der Waals surface area (Å²) >= 11 is 1.77. The Labute approximate surface area is 110 Å². The van der Waals surface area contributed by atoms with Crippen LogP contribution in [0.5, 0.6) is 0 Å². The molecule has 0 aliphatic heterocycles. The first-order valence-corrected chi connectivity index (χ1v) is 6.73. The van der Waals surface area contributed by atoms with Gasteiger partial charge in [-0.2, -0.15) is 0 Å². The lowest BCUT2D eigenvalue weighted by Crippen LogP contribution is -2.12. The van der Waals surface area contributed by atoms with Crippen LogP contribution in [0.4, 0.5) is 0 Å². The molecule has 0 spiro atoms. The third kappa shape index (κ3) is 2.39. The molecule has 0 fully saturated rings. The lowest BCUT2D eigenvalue weighted by Gasteiger charge is -2.06. The summed E-state index contributed by atoms with van der Waals surface area (Å²) in [4.78, 5) is 10.1. The van der Waals surface area contributed by atoms with E-state index in [0.717, 1.165) is 24.1 Å². The van der Waals surface area contributed by atoms with E-state index < -0.39 is 0 Å². The number of nitrogens with one attached hydrogen (secondary N) is 1. The average molecular weight is 255 g/mol. The summed E-state index contributed by atoms with van der Waals surface area (Å²) in [6, 6.07) is 10.3. The molecule has 0 atom stereocenters. The minimum atomic E-state index is 0.813. The van der Waals surface area contributed by atoms with E-state index in [4.69, 9.17) is 0 Å². The Bertz CT molecular complexity index is 629. The minimum Gasteiger partial charge on any atom is -0.308 e. The summed E-state index contributed by atoms with van der Waals surface area (Å²) in [5.74, 6) is 0. The van der Waals surface area contributed by atoms with Gasteiger partial charge in [0.25, 0.3) is 0 Å². The van der Waals surface area contributed by atoms with Gasteiger partial charge in [0.15, 0.2) is 0 Å². The van der Waals surface area contributed by atoms with Gasteiger partial charge in [-0.05, 0) is 23.1 Å². The fraction of sp³-hybridized carbons (Fsp3) is 0.143. The smallest absolute Gasteiger partial charge is 0.0931 e. The van der Waals surface area contributed by atoms with Crippen molar-refractivity contribution in [2.24, 2.45) is 0 Å². The number of fused-ring (bicyclic) bond motifs is 1. The number of hydrogen-bond acceptors (Lipinski definition) is 4. The van der Waals surface area contributed by atoms with E-state index in [2.05, 4.69) is 38.9 Å². The molecule has 0 aliphatic carbocycles. The molecule has 0 aliphatic rings. The van der Waals surface area contributed by atoms with Crippen molar-refractivity contribution in [2.45, 2.75) is 13.1 Å². The number of thiophene rings is 1. The van der Waals surface area contributed by atoms with Gasteiger partial charge in [0.1, 0.15) is 0 Å². The molecule has 0 amide bonds. The molecule has 3 aromatic rings. The number of benzene rings is 1. The minimum absolute atomic E-state index is 0.813. The summed E-state index contributed by atoms with van der Waals surface area (Å²) in [7, 11) is 0. The first kappa shape index (κ1) is 11.3. The average Bonchev–Trinajstić information content (AvgIpc) is 2.92. The topological polar surface area (TPSA) is 37.8 Å². The van der Waals surface area contributed by atoms with E-state index in [1.165, 1.54) is 10.4 Å². The van der Waals surface area contributed by atoms with Crippen LogP contribution in [0, 0.1) is 0 Å². The summed E-state index contributed by atoms with van der Waals surface area (Å²) in [5, 5.41) is 5.54. The molecule has 0 radical (unpaired) electrons. The number of aromatic nitrogens is 2. The van der Waals surface area contributed by atoms with Crippen LogP contribution in [-0.4, -0.2) is 9.97 Å². The van der Waals surface area contributed by atoms with Crippen LogP contribution >= 0.6 is 11.3 Å². The maximum Gasteiger partial charge on any atom is 0.0931 e. The fourth-order valence-electron chi connectivity index (χ4n) is 1.93. The molecule has 0 bridgehead atoms. The van der Waals surface area contributed by atoms with E-state index in [1.807, 2.05) is 12.1 Å². The van der Waals surface area contributed by atoms with Crippen LogP contribution in [0.1, 0.15) is 10.4 Å². The van der Waals surface area contributed by atoms with E-state index in [0.29, 0.717) is 0 Å². The van der Waals surface area contributed by atoms with Crippen LogP contribution < -0.4 is 5.32 Å². The second kappa shape index (κ2) is 5.25. The number of nitrogens with zero attached hydrogens (tertiary/aromatic N) is 2. The molecule has 2 aromatic heterocycles. The molecule has 0 saturated heterocycles. The number of rotatable bonds is 4. The molecule has 90 valence electrons. The molecule has 18 heavy (non-hydrogen) atoms. The van der Waals surface area contributed by atoms with E-state index >= 15 is 0 Å². The predicted octanol–water partition coefficient (Wildman–Crippen LogP) is 2.98. The summed E-state index contributed by atoms with van der Waals surface area (Å²) in [6.45, 7) is 1.71. The highest BCUT2D eigenvalue weighted by Gasteiger charge is 2.02. The highest BCUT2D eigenvalue weighted by Crippen LogP contribution is 2.14. The van der Waals surface area contributed by atoms with Crippen molar-refractivity contribution in [2.75, 3.05) is 0 Å². The van der Waals surface area contributed by atoms with Crippen LogP contribution in [-0.2, 0) is 13.1 Å². The van der Waals surface area contributed by atoms with Crippen molar-refractivity contribution < 1.29 is 0 Å². The van der Waals surface area contributed by atoms with Crippen molar-refractivity contribution in [3.63, 3.8) is 0 Å². The second-order valence-corrected chi connectivity index (χ2v) is 5.06. The van der Waals surface area contributed by atoms with Gasteiger partial charge in [-0.1, -0.05) is 18.2 Å². The third-order valence-electron chi connectivity index (χ3n) is 2.78.